The molecule has 3 saturated carbocycles. The molecule has 0 spiro atoms. The van der Waals surface area contributed by atoms with Crippen LogP contribution < -0.4 is 5.32 Å². The van der Waals surface area contributed by atoms with Crippen LogP contribution in [0.5, 0.6) is 0 Å². The number of aliphatic carboxylic acids is 2. The van der Waals surface area contributed by atoms with Crippen LogP contribution in [0.2, 0.25) is 0 Å². The van der Waals surface area contributed by atoms with Crippen molar-refractivity contribution < 1.29 is 29.3 Å². The summed E-state index contributed by atoms with van der Waals surface area (Å²) in [6.45, 7) is 0.0955. The van der Waals surface area contributed by atoms with Gasteiger partial charge in [0, 0.05) is 11.3 Å². The molecule has 154 valence electrons. The zero-order valence-electron chi connectivity index (χ0n) is 16.1. The molecule has 0 aromatic heterocycles. The largest absolute Gasteiger partial charge is 0.481 e. The number of nitrogens with one attached hydrogen (secondary N) is 1. The highest BCUT2D eigenvalue weighted by Crippen LogP contribution is 2.74. The summed E-state index contributed by atoms with van der Waals surface area (Å²) in [7, 11) is 0. The molecule has 0 radical (unpaired) electrons. The van der Waals surface area contributed by atoms with Gasteiger partial charge in [-0.25, -0.2) is 9.59 Å². The van der Waals surface area contributed by atoms with Gasteiger partial charge >= 0.3 is 18.0 Å². The highest BCUT2D eigenvalue weighted by molar-refractivity contribution is 5.86. The zero-order valence-corrected chi connectivity index (χ0v) is 16.1. The fraction of sp³-hybridized carbons (Fsp3) is 0.348. The maximum Gasteiger partial charge on any atom is 0.407 e. The summed E-state index contributed by atoms with van der Waals surface area (Å²) in [5, 5.41) is 21.3. The number of hydrogen-bond acceptors (Lipinski definition) is 4. The average Bonchev–Trinajstić information content (AvgIpc) is 2.97. The molecule has 0 aliphatic heterocycles. The van der Waals surface area contributed by atoms with Crippen molar-refractivity contribution in [2.45, 2.75) is 31.2 Å². The molecule has 4 aliphatic carbocycles. The summed E-state index contributed by atoms with van der Waals surface area (Å²) < 4.78 is 5.44. The maximum atomic E-state index is 12.4. The second-order valence-corrected chi connectivity index (χ2v) is 8.72. The molecule has 3 fully saturated rings. The van der Waals surface area contributed by atoms with Gasteiger partial charge in [0.25, 0.3) is 0 Å². The fourth-order valence-corrected chi connectivity index (χ4v) is 5.63. The van der Waals surface area contributed by atoms with Crippen LogP contribution >= 0.6 is 0 Å². The van der Waals surface area contributed by atoms with Gasteiger partial charge in [-0.05, 0) is 41.5 Å². The summed E-state index contributed by atoms with van der Waals surface area (Å²) in [4.78, 5) is 35.5. The normalized spacial score (nSPS) is 26.4. The summed E-state index contributed by atoms with van der Waals surface area (Å²) in [5.74, 6) is -2.17. The molecule has 2 bridgehead atoms. The number of carboxylic acid groups (broad SMARTS) is 2. The Morgan fingerprint density at radius 2 is 1.50 bits per heavy atom. The van der Waals surface area contributed by atoms with E-state index in [1.165, 1.54) is 0 Å². The number of rotatable bonds is 6. The van der Waals surface area contributed by atoms with Crippen molar-refractivity contribution in [3.63, 3.8) is 0 Å². The monoisotopic (exact) mass is 407 g/mol. The van der Waals surface area contributed by atoms with Crippen LogP contribution in [-0.4, -0.2) is 40.9 Å². The fourth-order valence-electron chi connectivity index (χ4n) is 5.63. The smallest absolute Gasteiger partial charge is 0.407 e. The topological polar surface area (TPSA) is 113 Å². The summed E-state index contributed by atoms with van der Waals surface area (Å²) in [6, 6.07) is 14.8. The Morgan fingerprint density at radius 3 is 2.00 bits per heavy atom. The third-order valence-corrected chi connectivity index (χ3v) is 6.99. The van der Waals surface area contributed by atoms with E-state index in [9.17, 15) is 24.6 Å². The van der Waals surface area contributed by atoms with Gasteiger partial charge in [-0.2, -0.15) is 0 Å². The number of carbonyl (C=O) groups is 3. The van der Waals surface area contributed by atoms with Gasteiger partial charge in [-0.15, -0.1) is 0 Å². The minimum absolute atomic E-state index is 0.0955. The molecule has 6 rings (SSSR count). The number of fused-ring (bicyclic) bond motifs is 3. The van der Waals surface area contributed by atoms with E-state index in [1.54, 1.807) is 0 Å². The Morgan fingerprint density at radius 1 is 0.967 bits per heavy atom. The van der Waals surface area contributed by atoms with Crippen LogP contribution in [0.15, 0.2) is 48.5 Å². The van der Waals surface area contributed by atoms with Gasteiger partial charge in [-0.1, -0.05) is 48.5 Å². The zero-order chi connectivity index (χ0) is 21.1. The lowest BCUT2D eigenvalue weighted by Gasteiger charge is -2.69. The average molecular weight is 407 g/mol. The van der Waals surface area contributed by atoms with E-state index in [1.807, 2.05) is 48.5 Å². The van der Waals surface area contributed by atoms with Gasteiger partial charge in [0.1, 0.15) is 12.6 Å². The molecule has 3 N–H and O–H groups in total. The number of hydrogen-bond donors (Lipinski definition) is 3. The molecule has 2 aromatic carbocycles. The number of amides is 1. The minimum Gasteiger partial charge on any atom is -0.481 e. The van der Waals surface area contributed by atoms with Crippen LogP contribution in [0.25, 0.3) is 11.1 Å². The van der Waals surface area contributed by atoms with Crippen molar-refractivity contribution in [2.24, 2.45) is 10.8 Å². The van der Waals surface area contributed by atoms with Crippen molar-refractivity contribution in [3.05, 3.63) is 59.7 Å². The second-order valence-electron chi connectivity index (χ2n) is 8.72. The summed E-state index contributed by atoms with van der Waals surface area (Å²) in [5.41, 5.74) is 2.87. The summed E-state index contributed by atoms with van der Waals surface area (Å²) >= 11 is 0. The Labute approximate surface area is 172 Å². The SMILES string of the molecule is O=C(N[C@@H](C(=O)O)C12CC(C(=O)O)(C1)C2)OCC1c2ccccc2-c2ccccc21. The highest BCUT2D eigenvalue weighted by atomic mass is 16.5. The van der Waals surface area contributed by atoms with E-state index in [4.69, 9.17) is 4.74 Å². The predicted molar refractivity (Wildman–Crippen MR) is 106 cm³/mol. The molecule has 0 unspecified atom stereocenters. The number of alkyl carbamates (subject to hydrolysis) is 1. The van der Waals surface area contributed by atoms with E-state index in [2.05, 4.69) is 5.32 Å². The van der Waals surface area contributed by atoms with Crippen molar-refractivity contribution in [3.8, 4) is 11.1 Å². The molecule has 2 aromatic rings. The van der Waals surface area contributed by atoms with Crippen LogP contribution in [0.4, 0.5) is 4.79 Å². The third-order valence-electron chi connectivity index (χ3n) is 6.99. The third kappa shape index (κ3) is 2.54. The van der Waals surface area contributed by atoms with Crippen LogP contribution in [0.1, 0.15) is 36.3 Å². The number of carbonyl (C=O) groups excluding carboxylic acids is 1. The quantitative estimate of drug-likeness (QED) is 0.678. The van der Waals surface area contributed by atoms with Crippen LogP contribution in [0.3, 0.4) is 0 Å². The predicted octanol–water partition coefficient (Wildman–Crippen LogP) is 3.23. The first-order valence-corrected chi connectivity index (χ1v) is 9.93. The minimum atomic E-state index is -1.16. The lowest BCUT2D eigenvalue weighted by atomic mass is 9.33. The molecule has 0 saturated heterocycles. The second kappa shape index (κ2) is 6.32. The first-order valence-electron chi connectivity index (χ1n) is 9.93. The van der Waals surface area contributed by atoms with Crippen molar-refractivity contribution in [2.75, 3.05) is 6.61 Å². The van der Waals surface area contributed by atoms with E-state index in [0.29, 0.717) is 0 Å². The van der Waals surface area contributed by atoms with Gasteiger partial charge in [0.15, 0.2) is 0 Å². The highest BCUT2D eigenvalue weighted by Gasteiger charge is 2.75. The molecular formula is C23H21NO6. The number of ether oxygens (including phenoxy) is 1. The molecule has 1 atom stereocenters. The van der Waals surface area contributed by atoms with E-state index in [0.717, 1.165) is 22.3 Å². The Bertz CT molecular complexity index is 1010. The van der Waals surface area contributed by atoms with E-state index in [-0.39, 0.29) is 31.8 Å². The molecule has 4 aliphatic rings. The maximum absolute atomic E-state index is 12.4. The van der Waals surface area contributed by atoms with E-state index < -0.39 is 34.9 Å². The van der Waals surface area contributed by atoms with Gasteiger partial charge in [0.05, 0.1) is 5.41 Å². The molecule has 7 nitrogen and oxygen atoms in total. The molecule has 7 heteroatoms. The Kier molecular flexibility index (Phi) is 3.93. The van der Waals surface area contributed by atoms with Crippen molar-refractivity contribution >= 4 is 18.0 Å². The van der Waals surface area contributed by atoms with E-state index >= 15 is 0 Å². The lowest BCUT2D eigenvalue weighted by molar-refractivity contribution is -0.234. The Hall–Kier alpha value is -3.35. The standard InChI is InChI=1S/C23H21NO6/c25-19(26)18(22-10-23(11-22,12-22)20(27)28)24-21(29)30-9-17-15-7-3-1-5-13(15)14-6-2-4-8-16(14)17/h1-8,17-18H,9-12H2,(H,24,29)(H,25,26)(H,27,28)/t18-,22?,23?/m0/s1. The molecule has 30 heavy (non-hydrogen) atoms. The molecule has 0 heterocycles. The Balaban J connectivity index is 1.27. The van der Waals surface area contributed by atoms with Crippen LogP contribution in [-0.2, 0) is 14.3 Å². The summed E-state index contributed by atoms with van der Waals surface area (Å²) in [6.07, 6.45) is 0.0281. The van der Waals surface area contributed by atoms with Crippen molar-refractivity contribution in [1.29, 1.82) is 0 Å². The lowest BCUT2D eigenvalue weighted by Crippen LogP contribution is -2.73. The first kappa shape index (κ1) is 18.7. The van der Waals surface area contributed by atoms with Crippen molar-refractivity contribution in [1.82, 2.24) is 5.32 Å². The number of carboxylic acids is 2. The van der Waals surface area contributed by atoms with Gasteiger partial charge in [-0.3, -0.25) is 4.79 Å². The van der Waals surface area contributed by atoms with Gasteiger partial charge < -0.3 is 20.3 Å². The van der Waals surface area contributed by atoms with Crippen LogP contribution in [0, 0.1) is 10.8 Å². The molecule has 1 amide bonds. The van der Waals surface area contributed by atoms with Gasteiger partial charge in [0.2, 0.25) is 0 Å². The first-order chi connectivity index (χ1) is 14.4. The molecular weight excluding hydrogens is 386 g/mol. The number of benzene rings is 2.